The van der Waals surface area contributed by atoms with Crippen LogP contribution in [0.15, 0.2) is 59.3 Å². The summed E-state index contributed by atoms with van der Waals surface area (Å²) < 4.78 is 36.0. The molecule has 0 aliphatic rings. The van der Waals surface area contributed by atoms with Crippen LogP contribution in [0.2, 0.25) is 0 Å². The van der Waals surface area contributed by atoms with E-state index >= 15 is 0 Å². The Bertz CT molecular complexity index is 3450. The fraction of sp³-hybridized carbons (Fsp3) is 0.615. The SMILES string of the molecule is CCCCCCCCCCCCOc1c2cc(-c3cc(CC(CC)CCCCCCCC)c(-c4ccc(-c5cccs5)s4)s3)c3nsnc3c2c(OCCCCCCCCCCCC)c2cc(-c3cc(CC(CC)CCCCCCCC)cs3)c3nsnc3c12. The predicted molar refractivity (Wildman–Crippen MR) is 402 cm³/mol. The summed E-state index contributed by atoms with van der Waals surface area (Å²) in [6.07, 6.45) is 48.8. The molecule has 2 unspecified atom stereocenters. The zero-order valence-corrected chi connectivity index (χ0v) is 61.2. The number of rotatable bonds is 48. The number of ether oxygens (including phenoxy) is 2. The summed E-state index contributed by atoms with van der Waals surface area (Å²) in [4.78, 5) is 7.92. The van der Waals surface area contributed by atoms with Gasteiger partial charge in [-0.25, -0.2) is 0 Å². The second-order valence-corrected chi connectivity index (χ2v) is 31.4. The molecule has 9 aromatic rings. The van der Waals surface area contributed by atoms with E-state index < -0.39 is 0 Å². The number of hydrogen-bond donors (Lipinski definition) is 0. The molecule has 0 fully saturated rings. The molecule has 6 heterocycles. The number of hydrogen-bond acceptors (Lipinski definition) is 12. The van der Waals surface area contributed by atoms with Crippen molar-refractivity contribution in [1.82, 2.24) is 17.5 Å². The van der Waals surface area contributed by atoms with Gasteiger partial charge in [0.25, 0.3) is 0 Å². The molecule has 90 heavy (non-hydrogen) atoms. The summed E-state index contributed by atoms with van der Waals surface area (Å²) in [5.74, 6) is 3.09. The van der Waals surface area contributed by atoms with Crippen LogP contribution in [0.4, 0.5) is 0 Å². The number of fused-ring (bicyclic) bond motifs is 6. The smallest absolute Gasteiger partial charge is 0.137 e. The summed E-state index contributed by atoms with van der Waals surface area (Å²) in [7, 11) is 0. The maximum Gasteiger partial charge on any atom is 0.137 e. The molecule has 0 bridgehead atoms. The van der Waals surface area contributed by atoms with Crippen molar-refractivity contribution in [2.75, 3.05) is 13.2 Å². The van der Waals surface area contributed by atoms with Crippen LogP contribution in [-0.4, -0.2) is 30.7 Å². The van der Waals surface area contributed by atoms with Crippen LogP contribution in [0.25, 0.3) is 84.0 Å². The third-order valence-electron chi connectivity index (χ3n) is 19.2. The number of aromatic nitrogens is 4. The molecule has 0 radical (unpaired) electrons. The Morgan fingerprint density at radius 3 is 1.31 bits per heavy atom. The molecule has 12 heteroatoms. The van der Waals surface area contributed by atoms with E-state index in [4.69, 9.17) is 27.0 Å². The van der Waals surface area contributed by atoms with Crippen LogP contribution in [0, 0.1) is 11.8 Å². The normalized spacial score (nSPS) is 12.7. The zero-order valence-electron chi connectivity index (χ0n) is 56.3. The molecular formula is C78H110N4O2S6. The van der Waals surface area contributed by atoms with Gasteiger partial charge in [-0.15, -0.1) is 45.3 Å². The monoisotopic (exact) mass is 1330 g/mol. The lowest BCUT2D eigenvalue weighted by molar-refractivity contribution is 0.306. The van der Waals surface area contributed by atoms with Gasteiger partial charge in [-0.2, -0.15) is 17.5 Å². The number of unbranched alkanes of at least 4 members (excludes halogenated alkanes) is 28. The average molecular weight is 1330 g/mol. The van der Waals surface area contributed by atoms with Crippen molar-refractivity contribution in [3.63, 3.8) is 0 Å². The molecule has 0 amide bonds. The highest BCUT2D eigenvalue weighted by atomic mass is 32.1. The Labute approximate surface area is 567 Å². The highest BCUT2D eigenvalue weighted by molar-refractivity contribution is 7.27. The minimum absolute atomic E-state index is 0.627. The van der Waals surface area contributed by atoms with Crippen LogP contribution in [0.1, 0.15) is 284 Å². The first kappa shape index (κ1) is 70.5. The first-order valence-electron chi connectivity index (χ1n) is 36.4. The molecule has 490 valence electrons. The van der Waals surface area contributed by atoms with Gasteiger partial charge in [-0.1, -0.05) is 266 Å². The minimum atomic E-state index is 0.627. The van der Waals surface area contributed by atoms with E-state index in [0.717, 1.165) is 105 Å². The van der Waals surface area contributed by atoms with Gasteiger partial charge in [-0.05, 0) is 102 Å². The van der Waals surface area contributed by atoms with Gasteiger partial charge in [0.15, 0.2) is 0 Å². The van der Waals surface area contributed by atoms with E-state index in [0.29, 0.717) is 25.0 Å². The quantitative estimate of drug-likeness (QED) is 0.0280. The van der Waals surface area contributed by atoms with Crippen LogP contribution >= 0.6 is 68.8 Å². The fourth-order valence-corrected chi connectivity index (χ4v) is 19.0. The number of benzene rings is 3. The van der Waals surface area contributed by atoms with Gasteiger partial charge in [0.2, 0.25) is 0 Å². The molecule has 0 saturated heterocycles. The van der Waals surface area contributed by atoms with Crippen molar-refractivity contribution in [3.8, 4) is 51.9 Å². The Hall–Kier alpha value is -3.78. The van der Waals surface area contributed by atoms with Gasteiger partial charge in [0, 0.05) is 51.2 Å². The zero-order chi connectivity index (χ0) is 62.5. The lowest BCUT2D eigenvalue weighted by Gasteiger charge is -2.20. The third kappa shape index (κ3) is 19.9. The molecule has 0 saturated carbocycles. The Balaban J connectivity index is 1.14. The van der Waals surface area contributed by atoms with Gasteiger partial charge in [-0.3, -0.25) is 0 Å². The first-order chi connectivity index (χ1) is 44.5. The standard InChI is InChI=1S/C78H110N4O2S6/c1-7-13-17-21-25-27-29-31-35-39-47-83-76-63-54-61(68-52-59(56-86-68)50-57(11-5)42-37-33-23-19-15-9-3)72-74(81-89-79-72)70(63)77(84-48-40-36-32-30-28-26-22-18-14-8-2)64-55-62(73-75(71(64)76)82-90-80-73)69-53-60(51-58(12-6)43-38-34-24-20-16-10-4)78(88-69)67-46-45-66(87-67)65-44-41-49-85-65/h41,44-46,49,52-58H,7-40,42-43,47-48,50-51H2,1-6H3. The first-order valence-corrected chi connectivity index (χ1v) is 41.3. The molecule has 0 aliphatic carbocycles. The molecule has 9 rings (SSSR count). The maximum absolute atomic E-state index is 7.45. The van der Waals surface area contributed by atoms with Gasteiger partial charge in [0.05, 0.1) is 47.4 Å². The van der Waals surface area contributed by atoms with Crippen LogP contribution < -0.4 is 9.47 Å². The molecular weight excluding hydrogens is 1220 g/mol. The topological polar surface area (TPSA) is 70.0 Å². The molecule has 6 nitrogen and oxygen atoms in total. The van der Waals surface area contributed by atoms with Gasteiger partial charge < -0.3 is 9.47 Å². The van der Waals surface area contributed by atoms with Crippen LogP contribution in [0.5, 0.6) is 11.5 Å². The Morgan fingerprint density at radius 2 is 0.833 bits per heavy atom. The minimum Gasteiger partial charge on any atom is -0.492 e. The molecule has 0 aliphatic heterocycles. The van der Waals surface area contributed by atoms with E-state index in [1.54, 1.807) is 0 Å². The van der Waals surface area contributed by atoms with Crippen molar-refractivity contribution in [2.24, 2.45) is 11.8 Å². The second kappa shape index (κ2) is 39.2. The molecule has 3 aromatic carbocycles. The van der Waals surface area contributed by atoms with E-state index in [-0.39, 0.29) is 0 Å². The maximum atomic E-state index is 7.45. The lowest BCUT2D eigenvalue weighted by Crippen LogP contribution is -2.04. The summed E-state index contributed by atoms with van der Waals surface area (Å²) in [5, 5.41) is 8.74. The predicted octanol–water partition coefficient (Wildman–Crippen LogP) is 28.2. The molecule has 0 N–H and O–H groups in total. The number of thiophene rings is 4. The lowest BCUT2D eigenvalue weighted by atomic mass is 9.90. The van der Waals surface area contributed by atoms with E-state index in [1.807, 2.05) is 45.3 Å². The molecule has 6 aromatic heterocycles. The van der Waals surface area contributed by atoms with Gasteiger partial charge >= 0.3 is 0 Å². The van der Waals surface area contributed by atoms with E-state index in [1.165, 1.54) is 269 Å². The summed E-state index contributed by atoms with van der Waals surface area (Å²) in [6, 6.07) is 19.0. The highest BCUT2D eigenvalue weighted by Crippen LogP contribution is 2.53. The summed E-state index contributed by atoms with van der Waals surface area (Å²) in [6.45, 7) is 15.3. The van der Waals surface area contributed by atoms with Crippen molar-refractivity contribution in [1.29, 1.82) is 0 Å². The fourth-order valence-electron chi connectivity index (χ4n) is 13.7. The summed E-state index contributed by atoms with van der Waals surface area (Å²) >= 11 is 10.2. The Morgan fingerprint density at radius 1 is 0.389 bits per heavy atom. The van der Waals surface area contributed by atoms with Crippen LogP contribution in [-0.2, 0) is 12.8 Å². The molecule has 2 atom stereocenters. The Kier molecular flexibility index (Phi) is 30.7. The van der Waals surface area contributed by atoms with Crippen molar-refractivity contribution in [2.45, 2.75) is 286 Å². The highest BCUT2D eigenvalue weighted by Gasteiger charge is 2.29. The number of nitrogens with zero attached hydrogens (tertiary/aromatic N) is 4. The second-order valence-electron chi connectivity index (χ2n) is 26.3. The van der Waals surface area contributed by atoms with E-state index in [9.17, 15) is 0 Å². The van der Waals surface area contributed by atoms with E-state index in [2.05, 4.69) is 101 Å². The van der Waals surface area contributed by atoms with Crippen molar-refractivity contribution >= 4 is 112 Å². The molecule has 0 spiro atoms. The van der Waals surface area contributed by atoms with Crippen molar-refractivity contribution < 1.29 is 9.47 Å². The largest absolute Gasteiger partial charge is 0.492 e. The average Bonchev–Trinajstić information content (AvgIpc) is 1.24. The summed E-state index contributed by atoms with van der Waals surface area (Å²) in [5.41, 5.74) is 8.89. The van der Waals surface area contributed by atoms with Crippen molar-refractivity contribution in [3.05, 3.63) is 70.4 Å². The van der Waals surface area contributed by atoms with Gasteiger partial charge in [0.1, 0.15) is 33.6 Å². The van der Waals surface area contributed by atoms with Crippen LogP contribution in [0.3, 0.4) is 0 Å². The third-order valence-corrected chi connectivity index (χ3v) is 24.8.